The van der Waals surface area contributed by atoms with Crippen molar-refractivity contribution < 1.29 is 5.11 Å². The first-order chi connectivity index (χ1) is 7.86. The molecule has 0 fully saturated rings. The van der Waals surface area contributed by atoms with Crippen molar-refractivity contribution in [2.24, 2.45) is 5.41 Å². The molecule has 2 N–H and O–H groups in total. The Bertz CT molecular complexity index is 452. The van der Waals surface area contributed by atoms with Gasteiger partial charge in [0.05, 0.1) is 23.0 Å². The Hall–Kier alpha value is -0.640. The van der Waals surface area contributed by atoms with Crippen LogP contribution < -0.4 is 5.32 Å². The molecule has 4 heteroatoms. The molecular weight excluding hydrogens is 236 g/mol. The van der Waals surface area contributed by atoms with Gasteiger partial charge in [-0.3, -0.25) is 4.98 Å². The molecule has 17 heavy (non-hydrogen) atoms. The lowest BCUT2D eigenvalue weighted by molar-refractivity contribution is 0.276. The van der Waals surface area contributed by atoms with E-state index in [0.717, 1.165) is 17.8 Å². The summed E-state index contributed by atoms with van der Waals surface area (Å²) in [5.74, 6) is 0. The summed E-state index contributed by atoms with van der Waals surface area (Å²) in [4.78, 5) is 4.45. The summed E-state index contributed by atoms with van der Waals surface area (Å²) in [6.45, 7) is 9.26. The number of hydrogen-bond donors (Lipinski definition) is 2. The molecule has 1 aliphatic heterocycles. The van der Waals surface area contributed by atoms with Gasteiger partial charge < -0.3 is 10.4 Å². The van der Waals surface area contributed by atoms with Crippen molar-refractivity contribution in [3.8, 4) is 0 Å². The van der Waals surface area contributed by atoms with Crippen molar-refractivity contribution >= 4 is 11.6 Å². The number of halogens is 1. The van der Waals surface area contributed by atoms with Crippen LogP contribution in [0.15, 0.2) is 0 Å². The molecule has 2 rings (SSSR count). The Balaban J connectivity index is 2.58. The maximum Gasteiger partial charge on any atom is 0.0868 e. The highest BCUT2D eigenvalue weighted by Gasteiger charge is 2.35. The standard InChI is InChI=1S/C13H19ClN2O/c1-7-10-8(16-9(6-17)11(7)14)5-15-12(10)13(2,3)4/h12,15,17H,5-6H2,1-4H3. The normalized spacial score (nSPS) is 19.5. The van der Waals surface area contributed by atoms with E-state index in [1.807, 2.05) is 6.92 Å². The molecule has 0 amide bonds. The van der Waals surface area contributed by atoms with Crippen LogP contribution in [0.1, 0.15) is 49.3 Å². The summed E-state index contributed by atoms with van der Waals surface area (Å²) in [7, 11) is 0. The van der Waals surface area contributed by atoms with Crippen LogP contribution in [-0.2, 0) is 13.2 Å². The molecule has 1 aromatic rings. The van der Waals surface area contributed by atoms with E-state index < -0.39 is 0 Å². The van der Waals surface area contributed by atoms with Gasteiger partial charge in [0.1, 0.15) is 0 Å². The summed E-state index contributed by atoms with van der Waals surface area (Å²) in [6.07, 6.45) is 0. The van der Waals surface area contributed by atoms with Gasteiger partial charge in [-0.25, -0.2) is 0 Å². The fourth-order valence-corrected chi connectivity index (χ4v) is 2.69. The average molecular weight is 255 g/mol. The van der Waals surface area contributed by atoms with Gasteiger partial charge >= 0.3 is 0 Å². The first-order valence-corrected chi connectivity index (χ1v) is 6.26. The minimum atomic E-state index is -0.104. The molecule has 0 aromatic carbocycles. The Labute approximate surface area is 107 Å². The van der Waals surface area contributed by atoms with Crippen molar-refractivity contribution in [3.05, 3.63) is 27.5 Å². The van der Waals surface area contributed by atoms with E-state index >= 15 is 0 Å². The van der Waals surface area contributed by atoms with Crippen LogP contribution in [0, 0.1) is 12.3 Å². The fraction of sp³-hybridized carbons (Fsp3) is 0.615. The zero-order chi connectivity index (χ0) is 12.8. The number of aromatic nitrogens is 1. The smallest absolute Gasteiger partial charge is 0.0868 e. The van der Waals surface area contributed by atoms with E-state index in [2.05, 4.69) is 31.1 Å². The van der Waals surface area contributed by atoms with Gasteiger partial charge in [0.2, 0.25) is 0 Å². The molecule has 0 spiro atoms. The van der Waals surface area contributed by atoms with Crippen LogP contribution >= 0.6 is 11.6 Å². The van der Waals surface area contributed by atoms with Gasteiger partial charge in [0, 0.05) is 12.6 Å². The molecule has 0 radical (unpaired) electrons. The van der Waals surface area contributed by atoms with Crippen molar-refractivity contribution in [2.75, 3.05) is 0 Å². The molecule has 1 unspecified atom stereocenters. The summed E-state index contributed by atoms with van der Waals surface area (Å²) in [5, 5.41) is 13.3. The lowest BCUT2D eigenvalue weighted by Gasteiger charge is -2.29. The zero-order valence-electron chi connectivity index (χ0n) is 10.8. The molecule has 3 nitrogen and oxygen atoms in total. The van der Waals surface area contributed by atoms with E-state index in [1.165, 1.54) is 5.56 Å². The van der Waals surface area contributed by atoms with Crippen molar-refractivity contribution in [2.45, 2.75) is 46.9 Å². The van der Waals surface area contributed by atoms with Gasteiger partial charge in [-0.2, -0.15) is 0 Å². The number of aliphatic hydroxyl groups is 1. The highest BCUT2D eigenvalue weighted by atomic mass is 35.5. The van der Waals surface area contributed by atoms with Crippen LogP contribution in [0.3, 0.4) is 0 Å². The SMILES string of the molecule is Cc1c(Cl)c(CO)nc2c1C(C(C)(C)C)NC2. The highest BCUT2D eigenvalue weighted by molar-refractivity contribution is 6.32. The second-order valence-electron chi connectivity index (χ2n) is 5.70. The molecule has 1 aliphatic rings. The third-order valence-electron chi connectivity index (χ3n) is 3.35. The first kappa shape index (κ1) is 12.8. The Kier molecular flexibility index (Phi) is 3.19. The van der Waals surface area contributed by atoms with Gasteiger partial charge in [0.25, 0.3) is 0 Å². The van der Waals surface area contributed by atoms with Crippen LogP contribution in [0.4, 0.5) is 0 Å². The van der Waals surface area contributed by atoms with Gasteiger partial charge in [-0.15, -0.1) is 0 Å². The first-order valence-electron chi connectivity index (χ1n) is 5.88. The van der Waals surface area contributed by atoms with E-state index in [-0.39, 0.29) is 18.1 Å². The van der Waals surface area contributed by atoms with Gasteiger partial charge in [-0.1, -0.05) is 32.4 Å². The van der Waals surface area contributed by atoms with Crippen molar-refractivity contribution in [3.63, 3.8) is 0 Å². The molecule has 2 heterocycles. The second-order valence-corrected chi connectivity index (χ2v) is 6.07. The van der Waals surface area contributed by atoms with Crippen molar-refractivity contribution in [1.29, 1.82) is 0 Å². The summed E-state index contributed by atoms with van der Waals surface area (Å²) in [5.41, 5.74) is 3.99. The van der Waals surface area contributed by atoms with E-state index in [4.69, 9.17) is 11.6 Å². The average Bonchev–Trinajstić information content (AvgIpc) is 2.66. The van der Waals surface area contributed by atoms with E-state index in [1.54, 1.807) is 0 Å². The molecule has 1 aromatic heterocycles. The molecule has 0 saturated heterocycles. The van der Waals surface area contributed by atoms with E-state index in [9.17, 15) is 5.11 Å². The highest BCUT2D eigenvalue weighted by Crippen LogP contribution is 2.41. The van der Waals surface area contributed by atoms with Crippen molar-refractivity contribution in [1.82, 2.24) is 10.3 Å². The maximum atomic E-state index is 9.23. The number of pyridine rings is 1. The molecule has 0 bridgehead atoms. The number of fused-ring (bicyclic) bond motifs is 1. The van der Waals surface area contributed by atoms with Gasteiger partial charge in [-0.05, 0) is 23.5 Å². The Morgan fingerprint density at radius 3 is 2.65 bits per heavy atom. The van der Waals surface area contributed by atoms with Crippen LogP contribution in [0.2, 0.25) is 5.02 Å². The molecule has 0 saturated carbocycles. The maximum absolute atomic E-state index is 9.23. The number of hydrogen-bond acceptors (Lipinski definition) is 3. The second kappa shape index (κ2) is 4.23. The minimum absolute atomic E-state index is 0.104. The van der Waals surface area contributed by atoms with Crippen LogP contribution in [0.25, 0.3) is 0 Å². The Morgan fingerprint density at radius 1 is 1.47 bits per heavy atom. The minimum Gasteiger partial charge on any atom is -0.390 e. The third-order valence-corrected chi connectivity index (χ3v) is 3.85. The predicted molar refractivity (Wildman–Crippen MR) is 68.9 cm³/mol. The molecule has 0 aliphatic carbocycles. The fourth-order valence-electron chi connectivity index (χ4n) is 2.49. The van der Waals surface area contributed by atoms with Gasteiger partial charge in [0.15, 0.2) is 0 Å². The third kappa shape index (κ3) is 2.07. The summed E-state index contributed by atoms with van der Waals surface area (Å²) in [6, 6.07) is 0.273. The molecule has 94 valence electrons. The quantitative estimate of drug-likeness (QED) is 0.810. The largest absolute Gasteiger partial charge is 0.390 e. The summed E-state index contributed by atoms with van der Waals surface area (Å²) < 4.78 is 0. The molecular formula is C13H19ClN2O. The number of rotatable bonds is 1. The lowest BCUT2D eigenvalue weighted by Crippen LogP contribution is -2.27. The Morgan fingerprint density at radius 2 is 2.12 bits per heavy atom. The summed E-state index contributed by atoms with van der Waals surface area (Å²) >= 11 is 6.24. The van der Waals surface area contributed by atoms with E-state index in [0.29, 0.717) is 10.7 Å². The zero-order valence-corrected chi connectivity index (χ0v) is 11.5. The predicted octanol–water partition coefficient (Wildman–Crippen LogP) is 2.73. The number of nitrogens with one attached hydrogen (secondary N) is 1. The number of nitrogens with zero attached hydrogens (tertiary/aromatic N) is 1. The molecule has 1 atom stereocenters. The number of aliphatic hydroxyl groups excluding tert-OH is 1. The van der Waals surface area contributed by atoms with Crippen LogP contribution in [0.5, 0.6) is 0 Å². The van der Waals surface area contributed by atoms with Crippen LogP contribution in [-0.4, -0.2) is 10.1 Å². The topological polar surface area (TPSA) is 45.2 Å². The monoisotopic (exact) mass is 254 g/mol. The lowest BCUT2D eigenvalue weighted by atomic mass is 9.82.